The van der Waals surface area contributed by atoms with Crippen LogP contribution in [0.15, 0.2) is 42.7 Å². The minimum atomic E-state index is -0.322. The van der Waals surface area contributed by atoms with E-state index in [1.807, 2.05) is 30.5 Å². The lowest BCUT2D eigenvalue weighted by molar-refractivity contribution is 0.180. The molecule has 1 aromatic heterocycles. The Bertz CT molecular complexity index is 554. The molecule has 1 aliphatic rings. The molecule has 1 N–H and O–H groups in total. The summed E-state index contributed by atoms with van der Waals surface area (Å²) in [5.41, 5.74) is 3.37. The predicted molar refractivity (Wildman–Crippen MR) is 73.2 cm³/mol. The molecule has 0 saturated carbocycles. The lowest BCUT2D eigenvalue weighted by atomic mass is 10.1. The van der Waals surface area contributed by atoms with E-state index < -0.39 is 0 Å². The van der Waals surface area contributed by atoms with E-state index in [0.29, 0.717) is 6.61 Å². The largest absolute Gasteiger partial charge is 0.493 e. The third kappa shape index (κ3) is 2.61. The standard InChI is InChI=1S/C16H17NO2/c18-15-7-6-14-13(15)4-1-5-16(14)19-10-8-12-3-2-9-17-11-12/h1-5,9,11,15,18H,6-8,10H2. The van der Waals surface area contributed by atoms with Crippen LogP contribution in [-0.4, -0.2) is 16.7 Å². The molecule has 1 atom stereocenters. The molecule has 0 amide bonds. The number of hydrogen-bond donors (Lipinski definition) is 1. The van der Waals surface area contributed by atoms with Gasteiger partial charge in [-0.25, -0.2) is 0 Å². The summed E-state index contributed by atoms with van der Waals surface area (Å²) in [6.07, 6.45) is 5.87. The van der Waals surface area contributed by atoms with Gasteiger partial charge in [0.2, 0.25) is 0 Å². The number of ether oxygens (including phenoxy) is 1. The van der Waals surface area contributed by atoms with Crippen molar-refractivity contribution in [2.75, 3.05) is 6.61 Å². The average molecular weight is 255 g/mol. The minimum absolute atomic E-state index is 0.322. The van der Waals surface area contributed by atoms with Crippen LogP contribution in [0.3, 0.4) is 0 Å². The number of pyridine rings is 1. The van der Waals surface area contributed by atoms with Gasteiger partial charge in [-0.05, 0) is 36.1 Å². The Morgan fingerprint density at radius 1 is 1.26 bits per heavy atom. The maximum absolute atomic E-state index is 9.85. The zero-order valence-corrected chi connectivity index (χ0v) is 10.7. The van der Waals surface area contributed by atoms with E-state index in [2.05, 4.69) is 11.1 Å². The molecule has 0 aliphatic heterocycles. The van der Waals surface area contributed by atoms with E-state index in [-0.39, 0.29) is 6.10 Å². The van der Waals surface area contributed by atoms with Crippen LogP contribution in [0.4, 0.5) is 0 Å². The molecule has 0 bridgehead atoms. The normalized spacial score (nSPS) is 17.2. The maximum atomic E-state index is 9.85. The SMILES string of the molecule is OC1CCc2c(OCCc3cccnc3)cccc21. The quantitative estimate of drug-likeness (QED) is 0.913. The summed E-state index contributed by atoms with van der Waals surface area (Å²) in [7, 11) is 0. The molecule has 3 heteroatoms. The summed E-state index contributed by atoms with van der Waals surface area (Å²) in [6.45, 7) is 0.637. The number of aromatic nitrogens is 1. The van der Waals surface area contributed by atoms with Gasteiger partial charge >= 0.3 is 0 Å². The van der Waals surface area contributed by atoms with Crippen molar-refractivity contribution in [1.29, 1.82) is 0 Å². The molecule has 1 aromatic carbocycles. The Kier molecular flexibility index (Phi) is 3.47. The highest BCUT2D eigenvalue weighted by molar-refractivity contribution is 5.44. The van der Waals surface area contributed by atoms with Crippen molar-refractivity contribution in [2.45, 2.75) is 25.4 Å². The maximum Gasteiger partial charge on any atom is 0.122 e. The van der Waals surface area contributed by atoms with E-state index >= 15 is 0 Å². The summed E-state index contributed by atoms with van der Waals surface area (Å²) in [4.78, 5) is 4.09. The van der Waals surface area contributed by atoms with Crippen molar-refractivity contribution < 1.29 is 9.84 Å². The lowest BCUT2D eigenvalue weighted by Crippen LogP contribution is -2.03. The van der Waals surface area contributed by atoms with Crippen LogP contribution in [0.5, 0.6) is 5.75 Å². The molecule has 1 aliphatic carbocycles. The van der Waals surface area contributed by atoms with E-state index in [1.165, 1.54) is 11.1 Å². The number of rotatable bonds is 4. The van der Waals surface area contributed by atoms with Gasteiger partial charge in [0.15, 0.2) is 0 Å². The van der Waals surface area contributed by atoms with Crippen LogP contribution in [0.1, 0.15) is 29.2 Å². The second-order valence-corrected chi connectivity index (χ2v) is 4.84. The molecule has 1 unspecified atom stereocenters. The molecule has 0 saturated heterocycles. The molecule has 3 nitrogen and oxygen atoms in total. The topological polar surface area (TPSA) is 42.4 Å². The Hall–Kier alpha value is -1.87. The first-order valence-corrected chi connectivity index (χ1v) is 6.66. The van der Waals surface area contributed by atoms with Crippen LogP contribution in [-0.2, 0) is 12.8 Å². The smallest absolute Gasteiger partial charge is 0.122 e. The molecular formula is C16H17NO2. The number of benzene rings is 1. The first-order valence-electron chi connectivity index (χ1n) is 6.66. The van der Waals surface area contributed by atoms with Crippen molar-refractivity contribution in [2.24, 2.45) is 0 Å². The molecule has 3 rings (SSSR count). The number of aliphatic hydroxyl groups is 1. The van der Waals surface area contributed by atoms with Crippen molar-refractivity contribution in [3.05, 3.63) is 59.4 Å². The lowest BCUT2D eigenvalue weighted by Gasteiger charge is -2.11. The van der Waals surface area contributed by atoms with E-state index in [4.69, 9.17) is 4.74 Å². The second kappa shape index (κ2) is 5.41. The first-order chi connectivity index (χ1) is 9.34. The average Bonchev–Trinajstić information content (AvgIpc) is 2.83. The number of aliphatic hydroxyl groups excluding tert-OH is 1. The molecule has 2 aromatic rings. The summed E-state index contributed by atoms with van der Waals surface area (Å²) < 4.78 is 5.86. The van der Waals surface area contributed by atoms with Crippen LogP contribution in [0, 0.1) is 0 Å². The fourth-order valence-corrected chi connectivity index (χ4v) is 2.56. The molecule has 1 heterocycles. The highest BCUT2D eigenvalue weighted by atomic mass is 16.5. The van der Waals surface area contributed by atoms with Gasteiger partial charge in [-0.3, -0.25) is 4.98 Å². The zero-order valence-electron chi connectivity index (χ0n) is 10.7. The van der Waals surface area contributed by atoms with E-state index in [0.717, 1.165) is 30.6 Å². The van der Waals surface area contributed by atoms with Crippen molar-refractivity contribution >= 4 is 0 Å². The van der Waals surface area contributed by atoms with Crippen molar-refractivity contribution in [3.8, 4) is 5.75 Å². The van der Waals surface area contributed by atoms with Gasteiger partial charge in [0, 0.05) is 24.4 Å². The van der Waals surface area contributed by atoms with E-state index in [1.54, 1.807) is 6.20 Å². The third-order valence-corrected chi connectivity index (χ3v) is 3.57. The van der Waals surface area contributed by atoms with Crippen molar-refractivity contribution in [3.63, 3.8) is 0 Å². The Morgan fingerprint density at radius 2 is 2.21 bits per heavy atom. The number of hydrogen-bond acceptors (Lipinski definition) is 3. The Balaban J connectivity index is 1.65. The van der Waals surface area contributed by atoms with Crippen LogP contribution < -0.4 is 4.74 Å². The summed E-state index contributed by atoms with van der Waals surface area (Å²) in [5, 5.41) is 9.85. The van der Waals surface area contributed by atoms with Crippen LogP contribution in [0.2, 0.25) is 0 Å². The van der Waals surface area contributed by atoms with Gasteiger partial charge in [0.05, 0.1) is 12.7 Å². The fraction of sp³-hybridized carbons (Fsp3) is 0.312. The first kappa shape index (κ1) is 12.2. The van der Waals surface area contributed by atoms with Gasteiger partial charge < -0.3 is 9.84 Å². The minimum Gasteiger partial charge on any atom is -0.493 e. The highest BCUT2D eigenvalue weighted by Gasteiger charge is 2.22. The van der Waals surface area contributed by atoms with Gasteiger partial charge in [-0.15, -0.1) is 0 Å². The predicted octanol–water partition coefficient (Wildman–Crippen LogP) is 2.68. The van der Waals surface area contributed by atoms with Gasteiger partial charge in [0.25, 0.3) is 0 Å². The summed E-state index contributed by atoms with van der Waals surface area (Å²) >= 11 is 0. The highest BCUT2D eigenvalue weighted by Crippen LogP contribution is 2.36. The summed E-state index contributed by atoms with van der Waals surface area (Å²) in [6, 6.07) is 9.91. The number of fused-ring (bicyclic) bond motifs is 1. The molecule has 0 radical (unpaired) electrons. The molecule has 0 spiro atoms. The van der Waals surface area contributed by atoms with E-state index in [9.17, 15) is 5.11 Å². The molecular weight excluding hydrogens is 238 g/mol. The van der Waals surface area contributed by atoms with Crippen molar-refractivity contribution in [1.82, 2.24) is 4.98 Å². The van der Waals surface area contributed by atoms with Gasteiger partial charge in [-0.1, -0.05) is 18.2 Å². The zero-order chi connectivity index (χ0) is 13.1. The Morgan fingerprint density at radius 3 is 3.05 bits per heavy atom. The van der Waals surface area contributed by atoms with Crippen LogP contribution in [0.25, 0.3) is 0 Å². The third-order valence-electron chi connectivity index (χ3n) is 3.57. The second-order valence-electron chi connectivity index (χ2n) is 4.84. The molecule has 19 heavy (non-hydrogen) atoms. The Labute approximate surface area is 112 Å². The number of nitrogens with zero attached hydrogens (tertiary/aromatic N) is 1. The summed E-state index contributed by atoms with van der Waals surface area (Å²) in [5.74, 6) is 0.915. The molecule has 98 valence electrons. The molecule has 0 fully saturated rings. The van der Waals surface area contributed by atoms with Gasteiger partial charge in [-0.2, -0.15) is 0 Å². The van der Waals surface area contributed by atoms with Gasteiger partial charge in [0.1, 0.15) is 5.75 Å². The monoisotopic (exact) mass is 255 g/mol. The van der Waals surface area contributed by atoms with Crippen LogP contribution >= 0.6 is 0 Å². The fourth-order valence-electron chi connectivity index (χ4n) is 2.56.